The Labute approximate surface area is 207 Å². The highest BCUT2D eigenvalue weighted by molar-refractivity contribution is 6.36. The summed E-state index contributed by atoms with van der Waals surface area (Å²) in [6.07, 6.45) is 7.74. The molecule has 1 aromatic carbocycles. The molecule has 178 valence electrons. The number of allylic oxidation sites excluding steroid dienone is 2. The summed E-state index contributed by atoms with van der Waals surface area (Å²) >= 11 is 11.9. The summed E-state index contributed by atoms with van der Waals surface area (Å²) < 4.78 is 5.28. The maximum atomic E-state index is 13.3. The molecule has 1 aromatic rings. The number of hydrogen-bond donors (Lipinski definition) is 0. The molecule has 0 spiro atoms. The van der Waals surface area contributed by atoms with E-state index < -0.39 is 5.97 Å². The van der Waals surface area contributed by atoms with Crippen molar-refractivity contribution in [3.05, 3.63) is 46.0 Å². The van der Waals surface area contributed by atoms with Gasteiger partial charge in [-0.05, 0) is 74.0 Å². The lowest BCUT2D eigenvalue weighted by Gasteiger charge is -2.37. The fourth-order valence-electron chi connectivity index (χ4n) is 6.96. The molecule has 6 aliphatic rings. The van der Waals surface area contributed by atoms with Crippen LogP contribution in [0.1, 0.15) is 42.5 Å². The van der Waals surface area contributed by atoms with E-state index in [-0.39, 0.29) is 70.4 Å². The molecule has 3 saturated carbocycles. The van der Waals surface area contributed by atoms with Crippen LogP contribution in [0.15, 0.2) is 30.4 Å². The molecule has 6 nitrogen and oxygen atoms in total. The van der Waals surface area contributed by atoms with Gasteiger partial charge in [0.15, 0.2) is 6.61 Å². The predicted octanol–water partition coefficient (Wildman–Crippen LogP) is 4.33. The van der Waals surface area contributed by atoms with Crippen LogP contribution in [0.5, 0.6) is 0 Å². The van der Waals surface area contributed by atoms with Crippen molar-refractivity contribution in [3.63, 3.8) is 0 Å². The lowest BCUT2D eigenvalue weighted by atomic mass is 9.63. The molecule has 8 heteroatoms. The molecule has 0 N–H and O–H groups in total. The number of likely N-dealkylation sites (tertiary alicyclic amines) is 1. The highest BCUT2D eigenvalue weighted by atomic mass is 35.5. The molecule has 34 heavy (non-hydrogen) atoms. The summed E-state index contributed by atoms with van der Waals surface area (Å²) in [5.41, 5.74) is 0.260. The van der Waals surface area contributed by atoms with E-state index in [1.807, 2.05) is 0 Å². The summed E-state index contributed by atoms with van der Waals surface area (Å²) in [7, 11) is 0. The maximum absolute atomic E-state index is 13.3. The van der Waals surface area contributed by atoms with Crippen molar-refractivity contribution in [3.8, 4) is 0 Å². The second kappa shape index (κ2) is 8.20. The van der Waals surface area contributed by atoms with Crippen molar-refractivity contribution in [2.24, 2.45) is 41.4 Å². The zero-order valence-electron chi connectivity index (χ0n) is 18.5. The molecule has 0 radical (unpaired) electrons. The lowest BCUT2D eigenvalue weighted by Crippen LogP contribution is -2.44. The van der Waals surface area contributed by atoms with E-state index in [0.717, 1.165) is 6.42 Å². The number of carbonyl (C=O) groups excluding carboxylic acids is 4. The molecule has 1 saturated heterocycles. The van der Waals surface area contributed by atoms with Gasteiger partial charge in [-0.1, -0.05) is 35.4 Å². The Bertz CT molecular complexity index is 1090. The van der Waals surface area contributed by atoms with E-state index in [0.29, 0.717) is 42.5 Å². The number of amides is 2. The number of benzene rings is 1. The molecule has 0 unspecified atom stereocenters. The van der Waals surface area contributed by atoms with Crippen LogP contribution in [0.4, 0.5) is 0 Å². The number of ketones is 1. The monoisotopic (exact) mass is 501 g/mol. The summed E-state index contributed by atoms with van der Waals surface area (Å²) in [5, 5.41) is 0.640. The number of rotatable bonds is 5. The van der Waals surface area contributed by atoms with Crippen LogP contribution >= 0.6 is 23.2 Å². The first-order valence-corrected chi connectivity index (χ1v) is 12.8. The minimum Gasteiger partial charge on any atom is -0.457 e. The average Bonchev–Trinajstić information content (AvgIpc) is 3.61. The molecular weight excluding hydrogens is 477 g/mol. The number of hydrogen-bond acceptors (Lipinski definition) is 5. The van der Waals surface area contributed by atoms with Gasteiger partial charge in [-0.3, -0.25) is 24.1 Å². The van der Waals surface area contributed by atoms with Gasteiger partial charge in [0.1, 0.15) is 0 Å². The van der Waals surface area contributed by atoms with Crippen molar-refractivity contribution in [1.29, 1.82) is 0 Å². The third kappa shape index (κ3) is 3.44. The van der Waals surface area contributed by atoms with Gasteiger partial charge in [0, 0.05) is 16.6 Å². The van der Waals surface area contributed by atoms with Gasteiger partial charge in [-0.15, -0.1) is 0 Å². The van der Waals surface area contributed by atoms with Crippen LogP contribution in [0.25, 0.3) is 0 Å². The number of esters is 1. The molecule has 2 amide bonds. The minimum absolute atomic E-state index is 0.00355. The molecule has 4 fully saturated rings. The topological polar surface area (TPSA) is 80.8 Å². The van der Waals surface area contributed by atoms with Crippen molar-refractivity contribution < 1.29 is 23.9 Å². The second-order valence-electron chi connectivity index (χ2n) is 10.4. The fraction of sp³-hybridized carbons (Fsp3) is 0.538. The van der Waals surface area contributed by atoms with Gasteiger partial charge in [-0.25, -0.2) is 0 Å². The number of imide groups is 1. The van der Waals surface area contributed by atoms with Crippen LogP contribution in [0, 0.1) is 41.4 Å². The summed E-state index contributed by atoms with van der Waals surface area (Å²) in [4.78, 5) is 53.1. The molecule has 7 rings (SSSR count). The van der Waals surface area contributed by atoms with Crippen LogP contribution < -0.4 is 0 Å². The molecule has 1 aliphatic heterocycles. The fourth-order valence-corrected chi connectivity index (χ4v) is 7.47. The van der Waals surface area contributed by atoms with E-state index in [2.05, 4.69) is 12.2 Å². The Morgan fingerprint density at radius 2 is 1.56 bits per heavy atom. The van der Waals surface area contributed by atoms with Crippen molar-refractivity contribution in [2.45, 2.75) is 38.1 Å². The Kier molecular flexibility index (Phi) is 5.38. The molecular formula is C26H25Cl2NO5. The summed E-state index contributed by atoms with van der Waals surface area (Å²) in [5.74, 6) is 0.0940. The van der Waals surface area contributed by atoms with Gasteiger partial charge in [0.2, 0.25) is 17.6 Å². The van der Waals surface area contributed by atoms with Crippen LogP contribution in [-0.4, -0.2) is 41.1 Å². The number of halogens is 2. The van der Waals surface area contributed by atoms with Crippen molar-refractivity contribution in [2.75, 3.05) is 6.61 Å². The largest absolute Gasteiger partial charge is 0.457 e. The summed E-state index contributed by atoms with van der Waals surface area (Å²) in [6.45, 7) is -0.384. The van der Waals surface area contributed by atoms with Crippen molar-refractivity contribution in [1.82, 2.24) is 4.90 Å². The number of carbonyl (C=O) groups is 4. The van der Waals surface area contributed by atoms with E-state index in [1.54, 1.807) is 11.0 Å². The smallest absolute Gasteiger partial charge is 0.309 e. The van der Waals surface area contributed by atoms with E-state index in [4.69, 9.17) is 27.9 Å². The van der Waals surface area contributed by atoms with E-state index in [9.17, 15) is 19.2 Å². The second-order valence-corrected chi connectivity index (χ2v) is 11.2. The van der Waals surface area contributed by atoms with Gasteiger partial charge in [0.25, 0.3) is 0 Å². The average molecular weight is 502 g/mol. The van der Waals surface area contributed by atoms with Gasteiger partial charge in [-0.2, -0.15) is 0 Å². The lowest BCUT2D eigenvalue weighted by molar-refractivity contribution is -0.149. The van der Waals surface area contributed by atoms with Gasteiger partial charge in [0.05, 0.1) is 22.8 Å². The molecule has 1 heterocycles. The number of Topliss-reactive ketones (excluding diaryl/α,β-unsaturated/α-hetero) is 1. The third-order valence-electron chi connectivity index (χ3n) is 8.67. The van der Waals surface area contributed by atoms with Gasteiger partial charge < -0.3 is 4.74 Å². The number of ether oxygens (including phenoxy) is 1. The highest BCUT2D eigenvalue weighted by Gasteiger charge is 2.67. The van der Waals surface area contributed by atoms with Crippen LogP contribution in [0.3, 0.4) is 0 Å². The van der Waals surface area contributed by atoms with Crippen LogP contribution in [0.2, 0.25) is 10.0 Å². The molecule has 0 aromatic heterocycles. The predicted molar refractivity (Wildman–Crippen MR) is 124 cm³/mol. The van der Waals surface area contributed by atoms with E-state index in [1.165, 1.54) is 12.1 Å². The zero-order valence-corrected chi connectivity index (χ0v) is 20.0. The van der Waals surface area contributed by atoms with Crippen LogP contribution in [-0.2, 0) is 19.1 Å². The molecule has 2 bridgehead atoms. The minimum atomic E-state index is -0.424. The number of nitrogens with zero attached hydrogens (tertiary/aromatic N) is 1. The standard InChI is InChI=1S/C26H25Cl2NO5/c27-13-3-6-17(20(28)9-13)21(30)11-34-26(33)12-1-4-14(5-2-12)29-24(31)22-15-7-8-16(19-10-18(15)19)23(22)25(29)32/h3,6-9,12,14-16,18-19,22-23H,1-2,4-5,10-11H2/t12?,14?,15-,16+,18-,19-,22+,23-/m1/s1. The molecule has 5 aliphatic carbocycles. The third-order valence-corrected chi connectivity index (χ3v) is 9.22. The summed E-state index contributed by atoms with van der Waals surface area (Å²) in [6, 6.07) is 4.39. The first kappa shape index (κ1) is 22.3. The maximum Gasteiger partial charge on any atom is 0.309 e. The quantitative estimate of drug-likeness (QED) is 0.259. The first-order valence-electron chi connectivity index (χ1n) is 12.0. The Morgan fingerprint density at radius 3 is 2.15 bits per heavy atom. The molecule has 6 atom stereocenters. The zero-order chi connectivity index (χ0) is 23.7. The Balaban J connectivity index is 1.04. The van der Waals surface area contributed by atoms with Gasteiger partial charge >= 0.3 is 5.97 Å². The Hall–Kier alpha value is -2.18. The highest BCUT2D eigenvalue weighted by Crippen LogP contribution is 2.65. The first-order chi connectivity index (χ1) is 16.3. The van der Waals surface area contributed by atoms with Crippen molar-refractivity contribution >= 4 is 46.8 Å². The van der Waals surface area contributed by atoms with E-state index >= 15 is 0 Å². The Morgan fingerprint density at radius 1 is 0.941 bits per heavy atom. The SMILES string of the molecule is O=C(COC(=O)C1CCC(N2C(=O)[C@@H]3[C@H]4C=C[C@H]([C@H]5C[C@H]45)[C@@H]3C2=O)CC1)c1ccc(Cl)cc1Cl. The normalized spacial score (nSPS) is 37.4.